The van der Waals surface area contributed by atoms with Gasteiger partial charge in [0.25, 0.3) is 0 Å². The normalized spacial score (nSPS) is 12.5. The van der Waals surface area contributed by atoms with Crippen LogP contribution in [0.4, 0.5) is 0 Å². The first-order valence-corrected chi connectivity index (χ1v) is 4.26. The summed E-state index contributed by atoms with van der Waals surface area (Å²) < 4.78 is 4.73. The monoisotopic (exact) mass is 168 g/mol. The summed E-state index contributed by atoms with van der Waals surface area (Å²) in [6, 6.07) is 0. The molecule has 0 aromatic carbocycles. The number of hydrogen-bond acceptors (Lipinski definition) is 3. The van der Waals surface area contributed by atoms with Crippen LogP contribution in [0.25, 0.3) is 0 Å². The molecule has 0 N–H and O–H groups in total. The fraction of sp³-hybridized carbons (Fsp3) is 0.778. The van der Waals surface area contributed by atoms with Crippen molar-refractivity contribution in [3.05, 3.63) is 11.4 Å². The van der Waals surface area contributed by atoms with Crippen molar-refractivity contribution in [1.82, 2.24) is 10.3 Å². The predicted octanol–water partition coefficient (Wildman–Crippen LogP) is 2.49. The number of aromatic nitrogens is 2. The van der Waals surface area contributed by atoms with Crippen molar-refractivity contribution in [3.63, 3.8) is 0 Å². The van der Waals surface area contributed by atoms with Gasteiger partial charge in [0.1, 0.15) is 11.4 Å². The van der Waals surface area contributed by atoms with Crippen LogP contribution in [0.1, 0.15) is 51.9 Å². The fourth-order valence-corrected chi connectivity index (χ4v) is 1.10. The Morgan fingerprint density at radius 3 is 2.08 bits per heavy atom. The molecule has 0 atom stereocenters. The number of nitrogens with zero attached hydrogens (tertiary/aromatic N) is 2. The van der Waals surface area contributed by atoms with Crippen LogP contribution >= 0.6 is 0 Å². The second-order valence-electron chi connectivity index (χ2n) is 4.40. The molecule has 12 heavy (non-hydrogen) atoms. The molecule has 0 unspecified atom stereocenters. The predicted molar refractivity (Wildman–Crippen MR) is 47.1 cm³/mol. The van der Waals surface area contributed by atoms with Crippen molar-refractivity contribution >= 4 is 0 Å². The zero-order valence-corrected chi connectivity index (χ0v) is 8.38. The summed E-state index contributed by atoms with van der Waals surface area (Å²) >= 11 is 0. The van der Waals surface area contributed by atoms with Gasteiger partial charge in [-0.1, -0.05) is 44.9 Å². The van der Waals surface area contributed by atoms with Gasteiger partial charge >= 0.3 is 0 Å². The Labute approximate surface area is 73.1 Å². The van der Waals surface area contributed by atoms with E-state index in [0.29, 0.717) is 5.92 Å². The maximum Gasteiger partial charge on any atom is 0.113 e. The van der Waals surface area contributed by atoms with Gasteiger partial charge < -0.3 is 0 Å². The van der Waals surface area contributed by atoms with Gasteiger partial charge in [0.15, 0.2) is 0 Å². The van der Waals surface area contributed by atoms with Gasteiger partial charge in [-0.3, -0.25) is 0 Å². The van der Waals surface area contributed by atoms with Crippen molar-refractivity contribution in [1.29, 1.82) is 0 Å². The molecule has 1 aromatic rings. The van der Waals surface area contributed by atoms with E-state index in [1.165, 1.54) is 0 Å². The topological polar surface area (TPSA) is 38.9 Å². The Balaban J connectivity index is 3.08. The first-order chi connectivity index (χ1) is 5.43. The molecule has 1 heterocycles. The van der Waals surface area contributed by atoms with Gasteiger partial charge in [0.05, 0.1) is 0 Å². The van der Waals surface area contributed by atoms with Crippen molar-refractivity contribution in [3.8, 4) is 0 Å². The molecule has 1 rings (SSSR count). The van der Waals surface area contributed by atoms with Gasteiger partial charge in [0, 0.05) is 11.3 Å². The highest BCUT2D eigenvalue weighted by Gasteiger charge is 2.24. The maximum atomic E-state index is 4.73. The molecular weight excluding hydrogens is 152 g/mol. The lowest BCUT2D eigenvalue weighted by molar-refractivity contribution is 0.294. The van der Waals surface area contributed by atoms with Gasteiger partial charge in [0.2, 0.25) is 0 Å². The molecule has 68 valence electrons. The van der Waals surface area contributed by atoms with Crippen LogP contribution in [-0.4, -0.2) is 10.3 Å². The maximum absolute atomic E-state index is 4.73. The van der Waals surface area contributed by atoms with Gasteiger partial charge in [-0.2, -0.15) is 0 Å². The molecule has 0 amide bonds. The van der Waals surface area contributed by atoms with Crippen molar-refractivity contribution < 1.29 is 4.63 Å². The smallest absolute Gasteiger partial charge is 0.113 e. The molecule has 0 aliphatic heterocycles. The third-order valence-corrected chi connectivity index (χ3v) is 1.77. The van der Waals surface area contributed by atoms with E-state index in [2.05, 4.69) is 44.9 Å². The first kappa shape index (κ1) is 9.23. The standard InChI is InChI=1S/C9H16N2O/c1-6(2)7-8(9(3,4)5)11-12-10-7/h6H,1-5H3. The van der Waals surface area contributed by atoms with Crippen LogP contribution in [0.3, 0.4) is 0 Å². The van der Waals surface area contributed by atoms with Crippen LogP contribution in [0.2, 0.25) is 0 Å². The van der Waals surface area contributed by atoms with E-state index < -0.39 is 0 Å². The zero-order valence-electron chi connectivity index (χ0n) is 8.38. The third kappa shape index (κ3) is 1.65. The van der Waals surface area contributed by atoms with E-state index in [4.69, 9.17) is 4.63 Å². The minimum absolute atomic E-state index is 0.0274. The lowest BCUT2D eigenvalue weighted by Gasteiger charge is -2.16. The average molecular weight is 168 g/mol. The van der Waals surface area contributed by atoms with E-state index in [9.17, 15) is 0 Å². The largest absolute Gasteiger partial charge is 0.244 e. The van der Waals surface area contributed by atoms with Crippen LogP contribution in [0.5, 0.6) is 0 Å². The summed E-state index contributed by atoms with van der Waals surface area (Å²) in [6.07, 6.45) is 0. The summed E-state index contributed by atoms with van der Waals surface area (Å²) in [6.45, 7) is 10.5. The summed E-state index contributed by atoms with van der Waals surface area (Å²) in [7, 11) is 0. The highest BCUT2D eigenvalue weighted by Crippen LogP contribution is 2.26. The molecule has 0 fully saturated rings. The lowest BCUT2D eigenvalue weighted by atomic mass is 9.88. The molecule has 0 saturated heterocycles. The van der Waals surface area contributed by atoms with E-state index >= 15 is 0 Å². The molecule has 0 aliphatic carbocycles. The van der Waals surface area contributed by atoms with E-state index in [1.807, 2.05) is 0 Å². The first-order valence-electron chi connectivity index (χ1n) is 4.26. The van der Waals surface area contributed by atoms with E-state index in [0.717, 1.165) is 11.4 Å². The highest BCUT2D eigenvalue weighted by molar-refractivity contribution is 5.19. The second kappa shape index (κ2) is 2.88. The summed E-state index contributed by atoms with van der Waals surface area (Å²) in [5.41, 5.74) is 1.97. The van der Waals surface area contributed by atoms with Crippen LogP contribution in [0, 0.1) is 0 Å². The fourth-order valence-electron chi connectivity index (χ4n) is 1.10. The molecule has 1 aromatic heterocycles. The molecule has 0 spiro atoms. The zero-order chi connectivity index (χ0) is 9.35. The van der Waals surface area contributed by atoms with E-state index in [-0.39, 0.29) is 5.41 Å². The van der Waals surface area contributed by atoms with Crippen LogP contribution in [0.15, 0.2) is 4.63 Å². The quantitative estimate of drug-likeness (QED) is 0.646. The van der Waals surface area contributed by atoms with Gasteiger partial charge in [-0.15, -0.1) is 0 Å². The van der Waals surface area contributed by atoms with E-state index in [1.54, 1.807) is 0 Å². The average Bonchev–Trinajstić information content (AvgIpc) is 2.30. The van der Waals surface area contributed by atoms with Crippen molar-refractivity contribution in [2.75, 3.05) is 0 Å². The molecule has 0 bridgehead atoms. The molecule has 3 nitrogen and oxygen atoms in total. The Hall–Kier alpha value is -0.860. The minimum atomic E-state index is 0.0274. The van der Waals surface area contributed by atoms with Gasteiger partial charge in [-0.25, -0.2) is 4.63 Å². The molecule has 0 saturated carbocycles. The summed E-state index contributed by atoms with van der Waals surface area (Å²) in [5.74, 6) is 0.380. The SMILES string of the molecule is CC(C)c1nonc1C(C)(C)C. The number of rotatable bonds is 1. The minimum Gasteiger partial charge on any atom is -0.244 e. The van der Waals surface area contributed by atoms with Gasteiger partial charge in [-0.05, 0) is 0 Å². The lowest BCUT2D eigenvalue weighted by Crippen LogP contribution is -2.15. The van der Waals surface area contributed by atoms with Crippen molar-refractivity contribution in [2.45, 2.75) is 46.0 Å². The van der Waals surface area contributed by atoms with Crippen LogP contribution < -0.4 is 0 Å². The molecule has 0 aliphatic rings. The molecule has 3 heteroatoms. The Kier molecular flexibility index (Phi) is 2.22. The highest BCUT2D eigenvalue weighted by atomic mass is 16.6. The Bertz CT molecular complexity index is 258. The second-order valence-corrected chi connectivity index (χ2v) is 4.40. The summed E-state index contributed by atoms with van der Waals surface area (Å²) in [5, 5.41) is 7.82. The number of hydrogen-bond donors (Lipinski definition) is 0. The third-order valence-electron chi connectivity index (χ3n) is 1.77. The summed E-state index contributed by atoms with van der Waals surface area (Å²) in [4.78, 5) is 0. The Morgan fingerprint density at radius 1 is 1.17 bits per heavy atom. The Morgan fingerprint density at radius 2 is 1.75 bits per heavy atom. The molecular formula is C9H16N2O. The molecule has 0 radical (unpaired) electrons. The van der Waals surface area contributed by atoms with Crippen molar-refractivity contribution in [2.24, 2.45) is 0 Å². The van der Waals surface area contributed by atoms with Crippen LogP contribution in [-0.2, 0) is 5.41 Å².